The van der Waals surface area contributed by atoms with Gasteiger partial charge >= 0.3 is 6.18 Å². The Kier molecular flexibility index (Phi) is 7.52. The van der Waals surface area contributed by atoms with E-state index < -0.39 is 28.8 Å². The van der Waals surface area contributed by atoms with Crippen LogP contribution in [-0.4, -0.2) is 27.9 Å². The maximum absolute atomic E-state index is 13.1. The zero-order valence-corrected chi connectivity index (χ0v) is 17.1. The number of para-hydroxylation sites is 1. The summed E-state index contributed by atoms with van der Waals surface area (Å²) < 4.78 is 39.2. The average Bonchev–Trinajstić information content (AvgIpc) is 2.99. The Balaban J connectivity index is 1.59. The number of alkyl halides is 3. The van der Waals surface area contributed by atoms with Crippen LogP contribution in [-0.2, 0) is 15.8 Å². The summed E-state index contributed by atoms with van der Waals surface area (Å²) in [5, 5.41) is 12.8. The lowest BCUT2D eigenvalue weighted by molar-refractivity contribution is -0.137. The van der Waals surface area contributed by atoms with Crippen LogP contribution in [0.15, 0.2) is 34.5 Å². The highest BCUT2D eigenvalue weighted by atomic mass is 32.2. The predicted molar refractivity (Wildman–Crippen MR) is 111 cm³/mol. The average molecular weight is 440 g/mol. The van der Waals surface area contributed by atoms with Gasteiger partial charge in [-0.1, -0.05) is 43.2 Å². The molecule has 0 unspecified atom stereocenters. The number of hydrogen-bond donors (Lipinski definition) is 2. The van der Waals surface area contributed by atoms with Gasteiger partial charge in [0.2, 0.25) is 11.8 Å². The van der Waals surface area contributed by atoms with Crippen molar-refractivity contribution in [3.63, 3.8) is 0 Å². The number of carbonyl (C=O) groups is 2. The molecule has 0 bridgehead atoms. The van der Waals surface area contributed by atoms with E-state index in [0.717, 1.165) is 49.2 Å². The van der Waals surface area contributed by atoms with Gasteiger partial charge in [0.1, 0.15) is 5.25 Å². The molecule has 6 nitrogen and oxygen atoms in total. The maximum atomic E-state index is 13.1. The topological polar surface area (TPSA) is 82.9 Å². The van der Waals surface area contributed by atoms with Gasteiger partial charge in [-0.3, -0.25) is 9.59 Å². The Morgan fingerprint density at radius 2 is 1.77 bits per heavy atom. The zero-order valence-electron chi connectivity index (χ0n) is 16.3. The first kappa shape index (κ1) is 22.3. The van der Waals surface area contributed by atoms with Gasteiger partial charge in [0, 0.05) is 12.1 Å². The highest BCUT2D eigenvalue weighted by molar-refractivity contribution is 8.15. The number of nitrogens with one attached hydrogen (secondary N) is 2. The van der Waals surface area contributed by atoms with Crippen LogP contribution >= 0.6 is 11.8 Å². The Morgan fingerprint density at radius 1 is 1.10 bits per heavy atom. The highest BCUT2D eigenvalue weighted by Crippen LogP contribution is 2.34. The largest absolute Gasteiger partial charge is 0.418 e. The van der Waals surface area contributed by atoms with E-state index in [9.17, 15) is 22.8 Å². The van der Waals surface area contributed by atoms with E-state index in [0.29, 0.717) is 5.17 Å². The van der Waals surface area contributed by atoms with Crippen molar-refractivity contribution in [2.24, 2.45) is 10.2 Å². The minimum absolute atomic E-state index is 0.266. The van der Waals surface area contributed by atoms with E-state index >= 15 is 0 Å². The molecule has 1 aromatic rings. The van der Waals surface area contributed by atoms with Crippen LogP contribution in [0.5, 0.6) is 0 Å². The lowest BCUT2D eigenvalue weighted by atomic mass is 9.99. The molecule has 162 valence electrons. The molecule has 2 aliphatic rings. The lowest BCUT2D eigenvalue weighted by Gasteiger charge is -2.14. The standard InChI is InChI=1S/C20H23F3N4O2S/c21-20(22,23)14-10-6-7-11-15(14)24-17(28)12-16-18(29)25-19(30-16)27-26-13-8-4-2-1-3-5-9-13/h6-7,10-11,16H,1-5,8-9,12H2,(H,24,28)(H,25,27,29)/t16-/m1/s1. The first-order chi connectivity index (χ1) is 14.3. The number of nitrogens with zero attached hydrogens (tertiary/aromatic N) is 2. The number of amides is 2. The number of rotatable bonds is 4. The first-order valence-electron chi connectivity index (χ1n) is 9.90. The van der Waals surface area contributed by atoms with Gasteiger partial charge < -0.3 is 10.6 Å². The predicted octanol–water partition coefficient (Wildman–Crippen LogP) is 4.72. The van der Waals surface area contributed by atoms with Crippen LogP contribution in [0.2, 0.25) is 0 Å². The van der Waals surface area contributed by atoms with E-state index in [2.05, 4.69) is 20.8 Å². The Bertz CT molecular complexity index is 845. The van der Waals surface area contributed by atoms with Crippen molar-refractivity contribution in [2.45, 2.75) is 62.8 Å². The van der Waals surface area contributed by atoms with Crippen LogP contribution < -0.4 is 10.6 Å². The molecule has 1 atom stereocenters. The number of halogens is 3. The van der Waals surface area contributed by atoms with Gasteiger partial charge in [0.15, 0.2) is 5.17 Å². The Labute approximate surface area is 176 Å². The van der Waals surface area contributed by atoms with Crippen molar-refractivity contribution in [2.75, 3.05) is 5.32 Å². The molecule has 1 aliphatic heterocycles. The van der Waals surface area contributed by atoms with E-state index in [-0.39, 0.29) is 12.1 Å². The molecule has 0 radical (unpaired) electrons. The van der Waals surface area contributed by atoms with Gasteiger partial charge in [-0.2, -0.15) is 18.3 Å². The molecular weight excluding hydrogens is 417 g/mol. The molecule has 1 heterocycles. The van der Waals surface area contributed by atoms with E-state index in [1.165, 1.54) is 37.5 Å². The summed E-state index contributed by atoms with van der Waals surface area (Å²) in [5.41, 5.74) is -0.260. The third-order valence-electron chi connectivity index (χ3n) is 4.87. The van der Waals surface area contributed by atoms with Crippen molar-refractivity contribution >= 4 is 40.1 Å². The van der Waals surface area contributed by atoms with Crippen molar-refractivity contribution in [1.82, 2.24) is 5.32 Å². The molecule has 2 N–H and O–H groups in total. The molecule has 2 amide bonds. The van der Waals surface area contributed by atoms with Crippen molar-refractivity contribution in [1.29, 1.82) is 0 Å². The van der Waals surface area contributed by atoms with Crippen LogP contribution in [0.3, 0.4) is 0 Å². The summed E-state index contributed by atoms with van der Waals surface area (Å²) in [4.78, 5) is 24.4. The molecule has 1 aliphatic carbocycles. The summed E-state index contributed by atoms with van der Waals surface area (Å²) >= 11 is 1.06. The third kappa shape index (κ3) is 6.32. The van der Waals surface area contributed by atoms with E-state index in [4.69, 9.17) is 0 Å². The molecule has 0 spiro atoms. The second-order valence-electron chi connectivity index (χ2n) is 7.23. The quantitative estimate of drug-likeness (QED) is 0.665. The number of anilines is 1. The van der Waals surface area contributed by atoms with Gasteiger partial charge in [-0.15, -0.1) is 5.10 Å². The number of carbonyl (C=O) groups excluding carboxylic acids is 2. The van der Waals surface area contributed by atoms with E-state index in [1.807, 2.05) is 0 Å². The molecule has 0 aromatic heterocycles. The molecule has 1 saturated heterocycles. The minimum Gasteiger partial charge on any atom is -0.325 e. The summed E-state index contributed by atoms with van der Waals surface area (Å²) in [5.74, 6) is -1.08. The van der Waals surface area contributed by atoms with Crippen LogP contribution in [0.25, 0.3) is 0 Å². The number of amidine groups is 1. The summed E-state index contributed by atoms with van der Waals surface area (Å²) in [6.45, 7) is 0. The minimum atomic E-state index is -4.58. The number of hydrogen-bond acceptors (Lipinski definition) is 5. The summed E-state index contributed by atoms with van der Waals surface area (Å²) in [6, 6.07) is 4.73. The van der Waals surface area contributed by atoms with Crippen molar-refractivity contribution in [3.8, 4) is 0 Å². The highest BCUT2D eigenvalue weighted by Gasteiger charge is 2.35. The fraction of sp³-hybridized carbons (Fsp3) is 0.500. The fourth-order valence-corrected chi connectivity index (χ4v) is 4.24. The van der Waals surface area contributed by atoms with Crippen LogP contribution in [0.1, 0.15) is 56.9 Å². The van der Waals surface area contributed by atoms with E-state index in [1.54, 1.807) is 0 Å². The zero-order chi connectivity index (χ0) is 21.6. The van der Waals surface area contributed by atoms with Crippen molar-refractivity contribution < 1.29 is 22.8 Å². The molecule has 30 heavy (non-hydrogen) atoms. The molecule has 1 saturated carbocycles. The molecule has 2 fully saturated rings. The number of thioether (sulfide) groups is 1. The normalized spacial score (nSPS) is 21.7. The smallest absolute Gasteiger partial charge is 0.325 e. The molecule has 10 heteroatoms. The Morgan fingerprint density at radius 3 is 2.47 bits per heavy atom. The van der Waals surface area contributed by atoms with Crippen LogP contribution in [0, 0.1) is 0 Å². The van der Waals surface area contributed by atoms with Gasteiger partial charge in [-0.25, -0.2) is 0 Å². The first-order valence-corrected chi connectivity index (χ1v) is 10.8. The lowest BCUT2D eigenvalue weighted by Crippen LogP contribution is -2.28. The van der Waals surface area contributed by atoms with Gasteiger partial charge in [-0.05, 0) is 37.8 Å². The number of benzene rings is 1. The monoisotopic (exact) mass is 440 g/mol. The van der Waals surface area contributed by atoms with Crippen molar-refractivity contribution in [3.05, 3.63) is 29.8 Å². The summed E-state index contributed by atoms with van der Waals surface area (Å²) in [7, 11) is 0. The van der Waals surface area contributed by atoms with Crippen LogP contribution in [0.4, 0.5) is 18.9 Å². The summed E-state index contributed by atoms with van der Waals surface area (Å²) in [6.07, 6.45) is 2.67. The second kappa shape index (κ2) is 10.1. The molecule has 3 rings (SSSR count). The molecule has 1 aromatic carbocycles. The van der Waals surface area contributed by atoms with Gasteiger partial charge in [0.05, 0.1) is 11.3 Å². The molecular formula is C20H23F3N4O2S. The maximum Gasteiger partial charge on any atom is 0.418 e. The van der Waals surface area contributed by atoms with Gasteiger partial charge in [0.25, 0.3) is 0 Å². The second-order valence-corrected chi connectivity index (χ2v) is 8.42. The fourth-order valence-electron chi connectivity index (χ4n) is 3.33. The third-order valence-corrected chi connectivity index (χ3v) is 5.94. The Hall–Kier alpha value is -2.36. The SMILES string of the molecule is O=C(C[C@H]1S/C(=N/N=C2CCCCCCC2)NC1=O)Nc1ccccc1C(F)(F)F.